The first-order valence-electron chi connectivity index (χ1n) is 7.61. The topological polar surface area (TPSA) is 79.2 Å². The molecular formula is C17H20N2O3S. The molecule has 6 heteroatoms. The Kier molecular flexibility index (Phi) is 6.05. The van der Waals surface area contributed by atoms with Gasteiger partial charge >= 0.3 is 5.97 Å². The normalized spacial score (nSPS) is 15.7. The van der Waals surface area contributed by atoms with Crippen LogP contribution in [0.5, 0.6) is 0 Å². The molecule has 0 radical (unpaired) electrons. The first-order chi connectivity index (χ1) is 11.0. The predicted octanol–water partition coefficient (Wildman–Crippen LogP) is 2.58. The highest BCUT2D eigenvalue weighted by atomic mass is 32.2. The molecule has 23 heavy (non-hydrogen) atoms. The standard InChI is InChI=1S/C17H20N2O3S/c1-13-6-2-3-7-14(13)23-11-16(21)22-10-15(20)19-17(12-18)8-4-5-9-17/h2-3,6-7H,4-5,8-11H2,1H3,(H,19,20). The second-order valence-electron chi connectivity index (χ2n) is 5.66. The van der Waals surface area contributed by atoms with Gasteiger partial charge in [0, 0.05) is 4.90 Å². The number of carbonyl (C=O) groups excluding carboxylic acids is 2. The molecule has 1 aliphatic rings. The van der Waals surface area contributed by atoms with Crippen molar-refractivity contribution in [3.8, 4) is 6.07 Å². The molecule has 1 aliphatic carbocycles. The molecule has 0 heterocycles. The Hall–Kier alpha value is -2.00. The average molecular weight is 332 g/mol. The zero-order chi connectivity index (χ0) is 16.7. The van der Waals surface area contributed by atoms with Gasteiger partial charge in [0.15, 0.2) is 6.61 Å². The number of benzene rings is 1. The summed E-state index contributed by atoms with van der Waals surface area (Å²) in [5.41, 5.74) is 0.319. The molecule has 0 bridgehead atoms. The maximum Gasteiger partial charge on any atom is 0.316 e. The number of hydrogen-bond acceptors (Lipinski definition) is 5. The van der Waals surface area contributed by atoms with Crippen LogP contribution in [0.2, 0.25) is 0 Å². The Labute approximate surface area is 140 Å². The quantitative estimate of drug-likeness (QED) is 0.640. The first kappa shape index (κ1) is 17.4. The number of aryl methyl sites for hydroxylation is 1. The number of esters is 1. The van der Waals surface area contributed by atoms with Gasteiger partial charge in [-0.1, -0.05) is 18.2 Å². The molecule has 1 amide bonds. The summed E-state index contributed by atoms with van der Waals surface area (Å²) in [6.45, 7) is 1.64. The number of nitriles is 1. The van der Waals surface area contributed by atoms with Crippen LogP contribution < -0.4 is 5.32 Å². The lowest BCUT2D eigenvalue weighted by Gasteiger charge is -2.21. The molecule has 122 valence electrons. The van der Waals surface area contributed by atoms with Crippen molar-refractivity contribution in [1.82, 2.24) is 5.32 Å². The fraction of sp³-hybridized carbons (Fsp3) is 0.471. The smallest absolute Gasteiger partial charge is 0.316 e. The summed E-state index contributed by atoms with van der Waals surface area (Å²) >= 11 is 1.38. The van der Waals surface area contributed by atoms with E-state index in [1.165, 1.54) is 11.8 Å². The van der Waals surface area contributed by atoms with Crippen molar-refractivity contribution in [2.45, 2.75) is 43.0 Å². The summed E-state index contributed by atoms with van der Waals surface area (Å²) < 4.78 is 4.98. The molecule has 5 nitrogen and oxygen atoms in total. The fourth-order valence-corrected chi connectivity index (χ4v) is 3.42. The molecule has 2 rings (SSSR count). The molecule has 1 N–H and O–H groups in total. The summed E-state index contributed by atoms with van der Waals surface area (Å²) in [7, 11) is 0. The Morgan fingerprint density at radius 3 is 2.70 bits per heavy atom. The Bertz CT molecular complexity index is 619. The van der Waals surface area contributed by atoms with Gasteiger partial charge in [-0.05, 0) is 44.2 Å². The van der Waals surface area contributed by atoms with Gasteiger partial charge in [-0.2, -0.15) is 5.26 Å². The first-order valence-corrected chi connectivity index (χ1v) is 8.59. The van der Waals surface area contributed by atoms with Gasteiger partial charge < -0.3 is 10.1 Å². The molecule has 0 unspecified atom stereocenters. The van der Waals surface area contributed by atoms with Crippen molar-refractivity contribution in [2.24, 2.45) is 0 Å². The van der Waals surface area contributed by atoms with Crippen molar-refractivity contribution in [1.29, 1.82) is 5.26 Å². The number of rotatable bonds is 6. The van der Waals surface area contributed by atoms with Crippen LogP contribution in [0.1, 0.15) is 31.2 Å². The van der Waals surface area contributed by atoms with Gasteiger partial charge in [-0.3, -0.25) is 9.59 Å². The maximum absolute atomic E-state index is 11.8. The summed E-state index contributed by atoms with van der Waals surface area (Å²) in [5.74, 6) is -0.699. The van der Waals surface area contributed by atoms with E-state index in [1.807, 2.05) is 31.2 Å². The Morgan fingerprint density at radius 2 is 2.04 bits per heavy atom. The SMILES string of the molecule is Cc1ccccc1SCC(=O)OCC(=O)NC1(C#N)CCCC1. The van der Waals surface area contributed by atoms with E-state index in [2.05, 4.69) is 11.4 Å². The van der Waals surface area contributed by atoms with Crippen LogP contribution in [0, 0.1) is 18.3 Å². The number of nitrogens with one attached hydrogen (secondary N) is 1. The van der Waals surface area contributed by atoms with Crippen LogP contribution in [0.3, 0.4) is 0 Å². The molecule has 1 saturated carbocycles. The third-order valence-corrected chi connectivity index (χ3v) is 5.00. The third-order valence-electron chi connectivity index (χ3n) is 3.85. The van der Waals surface area contributed by atoms with Gasteiger partial charge in [0.05, 0.1) is 11.8 Å². The predicted molar refractivity (Wildman–Crippen MR) is 87.8 cm³/mol. The number of hydrogen-bond donors (Lipinski definition) is 1. The van der Waals surface area contributed by atoms with E-state index in [-0.39, 0.29) is 12.4 Å². The average Bonchev–Trinajstić information content (AvgIpc) is 3.01. The van der Waals surface area contributed by atoms with E-state index < -0.39 is 17.4 Å². The summed E-state index contributed by atoms with van der Waals surface area (Å²) in [6, 6.07) is 9.94. The van der Waals surface area contributed by atoms with E-state index >= 15 is 0 Å². The van der Waals surface area contributed by atoms with Crippen LogP contribution in [-0.4, -0.2) is 29.8 Å². The van der Waals surface area contributed by atoms with E-state index in [0.717, 1.165) is 23.3 Å². The van der Waals surface area contributed by atoms with Gasteiger partial charge in [-0.25, -0.2) is 0 Å². The number of amides is 1. The van der Waals surface area contributed by atoms with Gasteiger partial charge in [-0.15, -0.1) is 11.8 Å². The largest absolute Gasteiger partial charge is 0.455 e. The Balaban J connectivity index is 1.73. The van der Waals surface area contributed by atoms with Crippen molar-refractivity contribution in [3.05, 3.63) is 29.8 Å². The molecule has 0 aliphatic heterocycles. The van der Waals surface area contributed by atoms with E-state index in [4.69, 9.17) is 4.74 Å². The van der Waals surface area contributed by atoms with Crippen molar-refractivity contribution in [2.75, 3.05) is 12.4 Å². The molecule has 1 fully saturated rings. The molecule has 1 aromatic carbocycles. The minimum Gasteiger partial charge on any atom is -0.455 e. The van der Waals surface area contributed by atoms with Crippen molar-refractivity contribution < 1.29 is 14.3 Å². The highest BCUT2D eigenvalue weighted by Gasteiger charge is 2.35. The zero-order valence-corrected chi connectivity index (χ0v) is 13.9. The lowest BCUT2D eigenvalue weighted by molar-refractivity contribution is -0.146. The third kappa shape index (κ3) is 5.00. The van der Waals surface area contributed by atoms with E-state index in [0.29, 0.717) is 12.8 Å². The lowest BCUT2D eigenvalue weighted by Crippen LogP contribution is -2.46. The van der Waals surface area contributed by atoms with Crippen LogP contribution in [0.4, 0.5) is 0 Å². The number of ether oxygens (including phenoxy) is 1. The second-order valence-corrected chi connectivity index (χ2v) is 6.68. The minimum atomic E-state index is -0.778. The molecule has 0 spiro atoms. The molecule has 0 aromatic heterocycles. The van der Waals surface area contributed by atoms with Crippen molar-refractivity contribution in [3.63, 3.8) is 0 Å². The number of thioether (sulfide) groups is 1. The Morgan fingerprint density at radius 1 is 1.35 bits per heavy atom. The summed E-state index contributed by atoms with van der Waals surface area (Å²) in [4.78, 5) is 24.6. The maximum atomic E-state index is 11.8. The second kappa shape index (κ2) is 8.02. The highest BCUT2D eigenvalue weighted by Crippen LogP contribution is 2.28. The number of carbonyl (C=O) groups is 2. The summed E-state index contributed by atoms with van der Waals surface area (Å²) in [5, 5.41) is 11.9. The van der Waals surface area contributed by atoms with Crippen LogP contribution in [0.15, 0.2) is 29.2 Å². The zero-order valence-electron chi connectivity index (χ0n) is 13.1. The lowest BCUT2D eigenvalue weighted by atomic mass is 10.00. The monoisotopic (exact) mass is 332 g/mol. The van der Waals surface area contributed by atoms with Crippen molar-refractivity contribution >= 4 is 23.6 Å². The molecule has 0 saturated heterocycles. The van der Waals surface area contributed by atoms with Crippen LogP contribution in [0.25, 0.3) is 0 Å². The van der Waals surface area contributed by atoms with E-state index in [9.17, 15) is 14.9 Å². The highest BCUT2D eigenvalue weighted by molar-refractivity contribution is 8.00. The van der Waals surface area contributed by atoms with Gasteiger partial charge in [0.2, 0.25) is 0 Å². The minimum absolute atomic E-state index is 0.154. The van der Waals surface area contributed by atoms with Crippen LogP contribution >= 0.6 is 11.8 Å². The molecular weight excluding hydrogens is 312 g/mol. The molecule has 1 aromatic rings. The van der Waals surface area contributed by atoms with E-state index in [1.54, 1.807) is 0 Å². The number of nitrogens with zero attached hydrogens (tertiary/aromatic N) is 1. The van der Waals surface area contributed by atoms with Gasteiger partial charge in [0.1, 0.15) is 5.54 Å². The summed E-state index contributed by atoms with van der Waals surface area (Å²) in [6.07, 6.45) is 3.18. The molecule has 0 atom stereocenters. The fourth-order valence-electron chi connectivity index (χ4n) is 2.59. The van der Waals surface area contributed by atoms with Gasteiger partial charge in [0.25, 0.3) is 5.91 Å². The van der Waals surface area contributed by atoms with Crippen LogP contribution in [-0.2, 0) is 14.3 Å².